The van der Waals surface area contributed by atoms with Crippen LogP contribution in [0.2, 0.25) is 0 Å². The van der Waals surface area contributed by atoms with Crippen LogP contribution in [0.5, 0.6) is 0 Å². The summed E-state index contributed by atoms with van der Waals surface area (Å²) in [4.78, 5) is 38.8. The zero-order chi connectivity index (χ0) is 24.6. The predicted octanol–water partition coefficient (Wildman–Crippen LogP) is 5.13. The number of carboxylic acid groups (broad SMARTS) is 1. The molecule has 0 aromatic heterocycles. The Morgan fingerprint density at radius 2 is 1.66 bits per heavy atom. The van der Waals surface area contributed by atoms with Crippen molar-refractivity contribution in [1.82, 2.24) is 4.90 Å². The minimum absolute atomic E-state index is 0.0510. The molecule has 0 saturated carbocycles. The van der Waals surface area contributed by atoms with E-state index in [9.17, 15) is 19.5 Å². The highest BCUT2D eigenvalue weighted by molar-refractivity contribution is 5.99. The molecule has 0 bridgehead atoms. The van der Waals surface area contributed by atoms with Crippen LogP contribution in [-0.4, -0.2) is 46.7 Å². The molecule has 1 fully saturated rings. The summed E-state index contributed by atoms with van der Waals surface area (Å²) in [6.45, 7) is 2.13. The zero-order valence-electron chi connectivity index (χ0n) is 19.4. The van der Waals surface area contributed by atoms with Gasteiger partial charge in [-0.1, -0.05) is 54.6 Å². The molecule has 1 heterocycles. The van der Waals surface area contributed by atoms with Crippen molar-refractivity contribution < 1.29 is 24.2 Å². The Bertz CT molecular complexity index is 1270. The van der Waals surface area contributed by atoms with Gasteiger partial charge in [0.1, 0.15) is 12.1 Å². The SMILES string of the molecule is C[C@]1(C(=O)O)CCCN1C(=O)c1cccc(NC(=O)OCC2c3ccccc3-c3ccccc32)c1. The van der Waals surface area contributed by atoms with E-state index in [0.29, 0.717) is 30.6 Å². The summed E-state index contributed by atoms with van der Waals surface area (Å²) in [6, 6.07) is 22.7. The van der Waals surface area contributed by atoms with Gasteiger partial charge in [0.05, 0.1) is 0 Å². The number of likely N-dealkylation sites (tertiary alicyclic amines) is 1. The van der Waals surface area contributed by atoms with Crippen molar-refractivity contribution in [3.63, 3.8) is 0 Å². The van der Waals surface area contributed by atoms with E-state index in [0.717, 1.165) is 22.3 Å². The average Bonchev–Trinajstić information content (AvgIpc) is 3.41. The van der Waals surface area contributed by atoms with Crippen LogP contribution in [0.15, 0.2) is 72.8 Å². The van der Waals surface area contributed by atoms with Gasteiger partial charge >= 0.3 is 12.1 Å². The lowest BCUT2D eigenvalue weighted by atomic mass is 9.98. The molecule has 7 heteroatoms. The maximum Gasteiger partial charge on any atom is 0.411 e. The number of carboxylic acids is 1. The molecule has 2 amide bonds. The Morgan fingerprint density at radius 3 is 2.31 bits per heavy atom. The topological polar surface area (TPSA) is 95.9 Å². The van der Waals surface area contributed by atoms with Crippen LogP contribution in [0.1, 0.15) is 47.2 Å². The van der Waals surface area contributed by atoms with Crippen molar-refractivity contribution in [2.24, 2.45) is 0 Å². The minimum atomic E-state index is -1.23. The molecule has 0 radical (unpaired) electrons. The van der Waals surface area contributed by atoms with E-state index < -0.39 is 17.6 Å². The minimum Gasteiger partial charge on any atom is -0.480 e. The van der Waals surface area contributed by atoms with Crippen LogP contribution in [0.3, 0.4) is 0 Å². The third-order valence-corrected chi connectivity index (χ3v) is 7.05. The summed E-state index contributed by atoms with van der Waals surface area (Å²) in [5, 5.41) is 12.3. The first-order valence-electron chi connectivity index (χ1n) is 11.7. The van der Waals surface area contributed by atoms with Gasteiger partial charge in [0.15, 0.2) is 0 Å². The third kappa shape index (κ3) is 4.03. The molecule has 5 rings (SSSR count). The Morgan fingerprint density at radius 1 is 1.00 bits per heavy atom. The van der Waals surface area contributed by atoms with Crippen molar-refractivity contribution in [2.45, 2.75) is 31.2 Å². The molecule has 35 heavy (non-hydrogen) atoms. The number of nitrogens with one attached hydrogen (secondary N) is 1. The van der Waals surface area contributed by atoms with Crippen LogP contribution in [0, 0.1) is 0 Å². The molecule has 0 spiro atoms. The standard InChI is InChI=1S/C28H26N2O5/c1-28(26(32)33)14-7-15-30(28)25(31)18-8-6-9-19(16-18)29-27(34)35-17-24-22-12-4-2-10-20(22)21-11-3-5-13-23(21)24/h2-6,8-13,16,24H,7,14-15,17H2,1H3,(H,29,34)(H,32,33)/t28-/m1/s1. The van der Waals surface area contributed by atoms with Gasteiger partial charge in [-0.3, -0.25) is 10.1 Å². The molecule has 1 aliphatic heterocycles. The van der Waals surface area contributed by atoms with Crippen molar-refractivity contribution in [3.8, 4) is 11.1 Å². The highest BCUT2D eigenvalue weighted by Crippen LogP contribution is 2.44. The number of nitrogens with zero attached hydrogens (tertiary/aromatic N) is 1. The first-order chi connectivity index (χ1) is 16.9. The summed E-state index contributed by atoms with van der Waals surface area (Å²) < 4.78 is 5.59. The van der Waals surface area contributed by atoms with Crippen molar-refractivity contribution in [1.29, 1.82) is 0 Å². The van der Waals surface area contributed by atoms with Gasteiger partial charge in [0.25, 0.3) is 5.91 Å². The summed E-state index contributed by atoms with van der Waals surface area (Å²) >= 11 is 0. The van der Waals surface area contributed by atoms with E-state index in [-0.39, 0.29) is 18.4 Å². The van der Waals surface area contributed by atoms with Crippen molar-refractivity contribution in [2.75, 3.05) is 18.5 Å². The normalized spacial score (nSPS) is 18.6. The van der Waals surface area contributed by atoms with E-state index in [1.807, 2.05) is 24.3 Å². The smallest absolute Gasteiger partial charge is 0.411 e. The second-order valence-electron chi connectivity index (χ2n) is 9.17. The summed E-state index contributed by atoms with van der Waals surface area (Å²) in [7, 11) is 0. The van der Waals surface area contributed by atoms with Gasteiger partial charge in [-0.2, -0.15) is 0 Å². The number of anilines is 1. The fourth-order valence-corrected chi connectivity index (χ4v) is 5.15. The number of rotatable bonds is 5. The first kappa shape index (κ1) is 22.7. The molecule has 0 unspecified atom stereocenters. The molecule has 1 saturated heterocycles. The van der Waals surface area contributed by atoms with E-state index in [4.69, 9.17) is 4.74 Å². The Kier molecular flexibility index (Phi) is 5.76. The lowest BCUT2D eigenvalue weighted by molar-refractivity contribution is -0.147. The second-order valence-corrected chi connectivity index (χ2v) is 9.17. The zero-order valence-corrected chi connectivity index (χ0v) is 19.4. The van der Waals surface area contributed by atoms with E-state index in [1.165, 1.54) is 4.90 Å². The number of ether oxygens (including phenoxy) is 1. The number of carbonyl (C=O) groups is 3. The number of hydrogen-bond donors (Lipinski definition) is 2. The molecule has 2 aliphatic rings. The molecule has 1 aliphatic carbocycles. The van der Waals surface area contributed by atoms with Crippen LogP contribution in [0.25, 0.3) is 11.1 Å². The lowest BCUT2D eigenvalue weighted by Gasteiger charge is -2.31. The maximum absolute atomic E-state index is 13.1. The second kappa shape index (κ2) is 8.91. The molecular formula is C28H26N2O5. The van der Waals surface area contributed by atoms with E-state index in [1.54, 1.807) is 31.2 Å². The van der Waals surface area contributed by atoms with Crippen LogP contribution in [0.4, 0.5) is 10.5 Å². The monoisotopic (exact) mass is 470 g/mol. The number of amides is 2. The Hall–Kier alpha value is -4.13. The summed E-state index contributed by atoms with van der Waals surface area (Å²) in [5.41, 5.74) is 4.05. The number of carbonyl (C=O) groups excluding carboxylic acids is 2. The average molecular weight is 471 g/mol. The van der Waals surface area contributed by atoms with Gasteiger partial charge in [-0.25, -0.2) is 9.59 Å². The Labute approximate surface area is 203 Å². The number of benzene rings is 3. The highest BCUT2D eigenvalue weighted by atomic mass is 16.5. The van der Waals surface area contributed by atoms with Crippen LogP contribution in [-0.2, 0) is 9.53 Å². The van der Waals surface area contributed by atoms with Gasteiger partial charge in [-0.05, 0) is 60.2 Å². The fourth-order valence-electron chi connectivity index (χ4n) is 5.15. The van der Waals surface area contributed by atoms with Gasteiger partial charge in [0.2, 0.25) is 0 Å². The highest BCUT2D eigenvalue weighted by Gasteiger charge is 2.46. The number of fused-ring (bicyclic) bond motifs is 3. The summed E-state index contributed by atoms with van der Waals surface area (Å²) in [5.74, 6) is -1.44. The quantitative estimate of drug-likeness (QED) is 0.539. The van der Waals surface area contributed by atoms with Gasteiger partial charge in [0, 0.05) is 23.7 Å². The molecule has 2 N–H and O–H groups in total. The van der Waals surface area contributed by atoms with Crippen molar-refractivity contribution >= 4 is 23.7 Å². The molecule has 178 valence electrons. The maximum atomic E-state index is 13.1. The molecule has 3 aromatic rings. The van der Waals surface area contributed by atoms with Gasteiger partial charge < -0.3 is 14.7 Å². The van der Waals surface area contributed by atoms with E-state index >= 15 is 0 Å². The van der Waals surface area contributed by atoms with Crippen LogP contribution < -0.4 is 5.32 Å². The molecule has 3 aromatic carbocycles. The fraction of sp³-hybridized carbons (Fsp3) is 0.250. The lowest BCUT2D eigenvalue weighted by Crippen LogP contribution is -2.50. The number of hydrogen-bond acceptors (Lipinski definition) is 4. The molecule has 7 nitrogen and oxygen atoms in total. The van der Waals surface area contributed by atoms with Gasteiger partial charge in [-0.15, -0.1) is 0 Å². The largest absolute Gasteiger partial charge is 0.480 e. The van der Waals surface area contributed by atoms with E-state index in [2.05, 4.69) is 29.6 Å². The van der Waals surface area contributed by atoms with Crippen LogP contribution >= 0.6 is 0 Å². The molecular weight excluding hydrogens is 444 g/mol. The number of aliphatic carboxylic acids is 1. The summed E-state index contributed by atoms with van der Waals surface area (Å²) in [6.07, 6.45) is 0.422. The first-order valence-corrected chi connectivity index (χ1v) is 11.7. The molecule has 1 atom stereocenters. The van der Waals surface area contributed by atoms with Crippen molar-refractivity contribution in [3.05, 3.63) is 89.5 Å². The predicted molar refractivity (Wildman–Crippen MR) is 131 cm³/mol. The third-order valence-electron chi connectivity index (χ3n) is 7.05. The Balaban J connectivity index is 1.27.